The van der Waals surface area contributed by atoms with Crippen LogP contribution in [0.1, 0.15) is 5.56 Å². The highest BCUT2D eigenvalue weighted by Gasteiger charge is 2.19. The van der Waals surface area contributed by atoms with E-state index in [-0.39, 0.29) is 0 Å². The molecule has 0 saturated heterocycles. The Bertz CT molecular complexity index is 514. The summed E-state index contributed by atoms with van der Waals surface area (Å²) in [4.78, 5) is 1.08. The molecule has 2 heterocycles. The van der Waals surface area contributed by atoms with Crippen LogP contribution >= 0.6 is 11.8 Å². The van der Waals surface area contributed by atoms with Gasteiger partial charge < -0.3 is 10.5 Å². The molecule has 2 aliphatic heterocycles. The number of allylic oxidation sites excluding steroid dienone is 2. The molecule has 0 spiro atoms. The lowest BCUT2D eigenvalue weighted by molar-refractivity contribution is 0.437. The standard InChI is InChI=1S/C12H9NOS/c13-12-6-5-10-11(15-12)7-8-3-1-2-4-9(8)14-10/h1-7H,13H2. The molecule has 0 bridgehead atoms. The highest BCUT2D eigenvalue weighted by molar-refractivity contribution is 8.07. The third-order valence-corrected chi connectivity index (χ3v) is 3.21. The zero-order chi connectivity index (χ0) is 10.3. The Morgan fingerprint density at radius 2 is 2.00 bits per heavy atom. The fraction of sp³-hybridized carbons (Fsp3) is 0. The summed E-state index contributed by atoms with van der Waals surface area (Å²) in [6.07, 6.45) is 5.88. The zero-order valence-corrected chi connectivity index (χ0v) is 8.75. The van der Waals surface area contributed by atoms with Crippen LogP contribution in [0.2, 0.25) is 0 Å². The number of nitrogens with two attached hydrogens (primary N) is 1. The molecule has 2 aliphatic rings. The predicted octanol–water partition coefficient (Wildman–Crippen LogP) is 2.85. The van der Waals surface area contributed by atoms with Gasteiger partial charge in [0, 0.05) is 5.56 Å². The minimum absolute atomic E-state index is 0.799. The van der Waals surface area contributed by atoms with Crippen LogP contribution in [0.4, 0.5) is 0 Å². The second-order valence-corrected chi connectivity index (χ2v) is 4.47. The van der Waals surface area contributed by atoms with Crippen LogP contribution in [-0.2, 0) is 0 Å². The summed E-state index contributed by atoms with van der Waals surface area (Å²) < 4.78 is 5.76. The normalized spacial score (nSPS) is 17.7. The summed E-state index contributed by atoms with van der Waals surface area (Å²) in [5, 5.41) is 0.799. The van der Waals surface area contributed by atoms with Crippen LogP contribution < -0.4 is 10.5 Å². The van der Waals surface area contributed by atoms with Gasteiger partial charge in [-0.2, -0.15) is 0 Å². The van der Waals surface area contributed by atoms with E-state index in [4.69, 9.17) is 10.5 Å². The Labute approximate surface area is 92.1 Å². The van der Waals surface area contributed by atoms with Crippen molar-refractivity contribution in [1.29, 1.82) is 0 Å². The molecule has 15 heavy (non-hydrogen) atoms. The van der Waals surface area contributed by atoms with Crippen LogP contribution in [-0.4, -0.2) is 0 Å². The van der Waals surface area contributed by atoms with Crippen LogP contribution in [0.3, 0.4) is 0 Å². The van der Waals surface area contributed by atoms with E-state index in [1.54, 1.807) is 11.8 Å². The Morgan fingerprint density at radius 3 is 2.93 bits per heavy atom. The topological polar surface area (TPSA) is 35.2 Å². The Hall–Kier alpha value is -1.61. The smallest absolute Gasteiger partial charge is 0.141 e. The number of ether oxygens (including phenoxy) is 1. The molecule has 0 unspecified atom stereocenters. The van der Waals surface area contributed by atoms with Crippen molar-refractivity contribution in [3.63, 3.8) is 0 Å². The van der Waals surface area contributed by atoms with Gasteiger partial charge in [-0.1, -0.05) is 30.0 Å². The van der Waals surface area contributed by atoms with Gasteiger partial charge in [0.05, 0.1) is 9.93 Å². The average Bonchev–Trinajstić information content (AvgIpc) is 2.26. The molecule has 0 saturated carbocycles. The highest BCUT2D eigenvalue weighted by Crippen LogP contribution is 2.40. The van der Waals surface area contributed by atoms with Crippen LogP contribution in [0.25, 0.3) is 6.08 Å². The molecule has 0 atom stereocenters. The Kier molecular flexibility index (Phi) is 1.86. The Morgan fingerprint density at radius 1 is 1.13 bits per heavy atom. The molecule has 3 rings (SSSR count). The third kappa shape index (κ3) is 1.45. The van der Waals surface area contributed by atoms with Gasteiger partial charge in [-0.25, -0.2) is 0 Å². The van der Waals surface area contributed by atoms with E-state index < -0.39 is 0 Å². The van der Waals surface area contributed by atoms with Crippen molar-refractivity contribution in [2.45, 2.75) is 0 Å². The maximum absolute atomic E-state index is 5.76. The van der Waals surface area contributed by atoms with E-state index in [0.29, 0.717) is 0 Å². The monoisotopic (exact) mass is 215 g/mol. The molecule has 74 valence electrons. The van der Waals surface area contributed by atoms with Gasteiger partial charge >= 0.3 is 0 Å². The molecule has 1 aromatic carbocycles. The Balaban J connectivity index is 2.11. The molecule has 0 aromatic heterocycles. The average molecular weight is 215 g/mol. The number of rotatable bonds is 0. The quantitative estimate of drug-likeness (QED) is 0.722. The molecule has 0 aliphatic carbocycles. The van der Waals surface area contributed by atoms with Crippen molar-refractivity contribution in [3.8, 4) is 5.75 Å². The summed E-state index contributed by atoms with van der Waals surface area (Å²) in [5.74, 6) is 1.79. The maximum Gasteiger partial charge on any atom is 0.141 e. The first-order chi connectivity index (χ1) is 7.33. The van der Waals surface area contributed by atoms with Crippen molar-refractivity contribution >= 4 is 17.8 Å². The summed E-state index contributed by atoms with van der Waals surface area (Å²) in [6.45, 7) is 0. The molecular formula is C12H9NOS. The van der Waals surface area contributed by atoms with Crippen molar-refractivity contribution in [2.75, 3.05) is 0 Å². The molecule has 1 aromatic rings. The van der Waals surface area contributed by atoms with Gasteiger partial charge in [0.1, 0.15) is 11.5 Å². The van der Waals surface area contributed by atoms with Gasteiger partial charge in [0.25, 0.3) is 0 Å². The number of hydrogen-bond donors (Lipinski definition) is 1. The zero-order valence-electron chi connectivity index (χ0n) is 7.94. The lowest BCUT2D eigenvalue weighted by atomic mass is 10.1. The number of hydrogen-bond acceptors (Lipinski definition) is 3. The van der Waals surface area contributed by atoms with Crippen molar-refractivity contribution in [3.05, 3.63) is 57.7 Å². The van der Waals surface area contributed by atoms with Gasteiger partial charge in [-0.05, 0) is 24.3 Å². The van der Waals surface area contributed by atoms with E-state index in [2.05, 4.69) is 6.08 Å². The SMILES string of the molecule is NC1=CC=C2Oc3ccccc3C=C2S1. The summed E-state index contributed by atoms with van der Waals surface area (Å²) in [7, 11) is 0. The number of benzene rings is 1. The van der Waals surface area contributed by atoms with E-state index in [0.717, 1.165) is 27.0 Å². The van der Waals surface area contributed by atoms with Gasteiger partial charge in [-0.15, -0.1) is 0 Å². The number of thioether (sulfide) groups is 1. The lowest BCUT2D eigenvalue weighted by Crippen LogP contribution is -2.07. The van der Waals surface area contributed by atoms with Crippen LogP contribution in [0.15, 0.2) is 52.1 Å². The summed E-state index contributed by atoms with van der Waals surface area (Å²) >= 11 is 1.54. The summed E-state index contributed by atoms with van der Waals surface area (Å²) in [6, 6.07) is 7.98. The highest BCUT2D eigenvalue weighted by atomic mass is 32.2. The first-order valence-electron chi connectivity index (χ1n) is 4.67. The fourth-order valence-corrected chi connectivity index (χ4v) is 2.37. The minimum Gasteiger partial charge on any atom is -0.456 e. The third-order valence-electron chi connectivity index (χ3n) is 2.30. The largest absolute Gasteiger partial charge is 0.456 e. The van der Waals surface area contributed by atoms with Gasteiger partial charge in [0.15, 0.2) is 0 Å². The second kappa shape index (κ2) is 3.21. The first kappa shape index (κ1) is 8.68. The second-order valence-electron chi connectivity index (χ2n) is 3.35. The maximum atomic E-state index is 5.76. The molecule has 0 amide bonds. The molecule has 0 fully saturated rings. The predicted molar refractivity (Wildman–Crippen MR) is 63.0 cm³/mol. The van der Waals surface area contributed by atoms with Gasteiger partial charge in [-0.3, -0.25) is 0 Å². The van der Waals surface area contributed by atoms with Gasteiger partial charge in [0.2, 0.25) is 0 Å². The van der Waals surface area contributed by atoms with Crippen molar-refractivity contribution < 1.29 is 4.74 Å². The summed E-state index contributed by atoms with van der Waals surface area (Å²) in [5.41, 5.74) is 6.85. The van der Waals surface area contributed by atoms with E-state index in [1.807, 2.05) is 36.4 Å². The minimum atomic E-state index is 0.799. The molecule has 2 N–H and O–H groups in total. The number of para-hydroxylation sites is 1. The van der Waals surface area contributed by atoms with E-state index >= 15 is 0 Å². The molecule has 2 nitrogen and oxygen atoms in total. The van der Waals surface area contributed by atoms with Crippen molar-refractivity contribution in [2.24, 2.45) is 5.73 Å². The van der Waals surface area contributed by atoms with Crippen LogP contribution in [0.5, 0.6) is 5.75 Å². The first-order valence-corrected chi connectivity index (χ1v) is 5.49. The van der Waals surface area contributed by atoms with E-state index in [1.165, 1.54) is 0 Å². The lowest BCUT2D eigenvalue weighted by Gasteiger charge is -2.21. The van der Waals surface area contributed by atoms with Crippen molar-refractivity contribution in [1.82, 2.24) is 0 Å². The molecule has 3 heteroatoms. The van der Waals surface area contributed by atoms with E-state index in [9.17, 15) is 0 Å². The molecular weight excluding hydrogens is 206 g/mol. The van der Waals surface area contributed by atoms with Crippen LogP contribution in [0, 0.1) is 0 Å². The molecule has 0 radical (unpaired) electrons. The number of fused-ring (bicyclic) bond motifs is 2. The fourth-order valence-electron chi connectivity index (χ4n) is 1.59.